The third-order valence-corrected chi connectivity index (χ3v) is 3.25. The molecule has 0 amide bonds. The summed E-state index contributed by atoms with van der Waals surface area (Å²) in [6.07, 6.45) is 0.380. The first-order chi connectivity index (χ1) is 9.99. The third-order valence-electron chi connectivity index (χ3n) is 2.80. The van der Waals surface area contributed by atoms with Crippen LogP contribution in [0.2, 0.25) is 0 Å². The van der Waals surface area contributed by atoms with Crippen molar-refractivity contribution in [1.82, 2.24) is 0 Å². The first-order valence-electron chi connectivity index (χ1n) is 6.25. The van der Waals surface area contributed by atoms with Crippen molar-refractivity contribution in [3.8, 4) is 5.75 Å². The van der Waals surface area contributed by atoms with E-state index in [0.29, 0.717) is 28.6 Å². The molecule has 2 aromatic rings. The second-order valence-electron chi connectivity index (χ2n) is 4.49. The Labute approximate surface area is 128 Å². The normalized spacial score (nSPS) is 10.7. The fourth-order valence-corrected chi connectivity index (χ4v) is 2.42. The maximum atomic E-state index is 13.8. The number of nitrogens with two attached hydrogens (primary N) is 1. The highest BCUT2D eigenvalue weighted by Crippen LogP contribution is 2.25. The van der Waals surface area contributed by atoms with Crippen LogP contribution in [-0.4, -0.2) is 6.54 Å². The second kappa shape index (κ2) is 6.95. The van der Waals surface area contributed by atoms with Crippen molar-refractivity contribution in [2.75, 3.05) is 6.54 Å². The van der Waals surface area contributed by atoms with E-state index >= 15 is 0 Å². The first-order valence-corrected chi connectivity index (χ1v) is 7.04. The molecule has 0 saturated carbocycles. The maximum absolute atomic E-state index is 13.8. The molecular weight excluding hydrogens is 347 g/mol. The Balaban J connectivity index is 2.16. The fourth-order valence-electron chi connectivity index (χ4n) is 1.91. The van der Waals surface area contributed by atoms with Crippen LogP contribution in [0, 0.1) is 17.5 Å². The molecular formula is C15H13BrF3NO. The minimum absolute atomic E-state index is 0.138. The largest absolute Gasteiger partial charge is 0.483 e. The summed E-state index contributed by atoms with van der Waals surface area (Å²) in [6, 6.07) is 6.51. The summed E-state index contributed by atoms with van der Waals surface area (Å²) in [5.41, 5.74) is 6.28. The monoisotopic (exact) mass is 359 g/mol. The molecule has 0 spiro atoms. The standard InChI is InChI=1S/C15H13BrF3NO/c16-11-3-10(4-12(17)7-11)8-21-15-13(18)5-9(1-2-20)6-14(15)19/h3-7H,1-2,8,20H2. The zero-order valence-electron chi connectivity index (χ0n) is 11.0. The lowest BCUT2D eigenvalue weighted by Gasteiger charge is -2.10. The molecule has 0 radical (unpaired) electrons. The third kappa shape index (κ3) is 4.22. The molecule has 0 unspecified atom stereocenters. The smallest absolute Gasteiger partial charge is 0.191 e. The molecule has 6 heteroatoms. The minimum Gasteiger partial charge on any atom is -0.483 e. The summed E-state index contributed by atoms with van der Waals surface area (Å²) in [4.78, 5) is 0. The zero-order valence-corrected chi connectivity index (χ0v) is 12.6. The molecule has 0 saturated heterocycles. The predicted octanol–water partition coefficient (Wildman–Crippen LogP) is 3.95. The van der Waals surface area contributed by atoms with Crippen LogP contribution in [0.25, 0.3) is 0 Å². The summed E-state index contributed by atoms with van der Waals surface area (Å²) in [6.45, 7) is 0.164. The van der Waals surface area contributed by atoms with E-state index in [-0.39, 0.29) is 6.61 Å². The van der Waals surface area contributed by atoms with E-state index in [4.69, 9.17) is 10.5 Å². The fraction of sp³-hybridized carbons (Fsp3) is 0.200. The summed E-state index contributed by atoms with van der Waals surface area (Å²) in [5, 5.41) is 0. The summed E-state index contributed by atoms with van der Waals surface area (Å²) < 4.78 is 46.5. The minimum atomic E-state index is -0.797. The summed E-state index contributed by atoms with van der Waals surface area (Å²) in [7, 11) is 0. The van der Waals surface area contributed by atoms with E-state index in [0.717, 1.165) is 0 Å². The number of benzene rings is 2. The number of rotatable bonds is 5. The summed E-state index contributed by atoms with van der Waals surface area (Å²) >= 11 is 3.14. The topological polar surface area (TPSA) is 35.2 Å². The van der Waals surface area contributed by atoms with E-state index in [2.05, 4.69) is 15.9 Å². The molecule has 0 aromatic heterocycles. The van der Waals surface area contributed by atoms with E-state index in [1.54, 1.807) is 6.07 Å². The van der Waals surface area contributed by atoms with Gasteiger partial charge in [0, 0.05) is 4.47 Å². The Bertz CT molecular complexity index is 606. The van der Waals surface area contributed by atoms with Crippen molar-refractivity contribution >= 4 is 15.9 Å². The van der Waals surface area contributed by atoms with Crippen LogP contribution in [-0.2, 0) is 13.0 Å². The van der Waals surface area contributed by atoms with Crippen LogP contribution in [0.4, 0.5) is 13.2 Å². The van der Waals surface area contributed by atoms with Gasteiger partial charge in [-0.25, -0.2) is 13.2 Å². The van der Waals surface area contributed by atoms with Crippen LogP contribution in [0.5, 0.6) is 5.75 Å². The molecule has 0 aliphatic rings. The molecule has 0 aliphatic carbocycles. The number of halogens is 4. The van der Waals surface area contributed by atoms with E-state index in [1.807, 2.05) is 0 Å². The van der Waals surface area contributed by atoms with Gasteiger partial charge in [0.1, 0.15) is 12.4 Å². The van der Waals surface area contributed by atoms with Gasteiger partial charge in [-0.2, -0.15) is 0 Å². The van der Waals surface area contributed by atoms with Crippen molar-refractivity contribution in [2.24, 2.45) is 5.73 Å². The van der Waals surface area contributed by atoms with Crippen LogP contribution in [0.3, 0.4) is 0 Å². The Morgan fingerprint density at radius 2 is 1.62 bits per heavy atom. The molecule has 0 aliphatic heterocycles. The van der Waals surface area contributed by atoms with Crippen molar-refractivity contribution in [2.45, 2.75) is 13.0 Å². The molecule has 0 atom stereocenters. The SMILES string of the molecule is NCCc1cc(F)c(OCc2cc(F)cc(Br)c2)c(F)c1. The average Bonchev–Trinajstić information content (AvgIpc) is 2.36. The van der Waals surface area contributed by atoms with Crippen LogP contribution in [0.1, 0.15) is 11.1 Å². The van der Waals surface area contributed by atoms with Gasteiger partial charge in [0.15, 0.2) is 17.4 Å². The molecule has 2 N–H and O–H groups in total. The predicted molar refractivity (Wildman–Crippen MR) is 77.5 cm³/mol. The first kappa shape index (κ1) is 15.9. The lowest BCUT2D eigenvalue weighted by Crippen LogP contribution is -2.05. The van der Waals surface area contributed by atoms with Crippen molar-refractivity contribution in [3.05, 3.63) is 63.4 Å². The van der Waals surface area contributed by atoms with Gasteiger partial charge < -0.3 is 10.5 Å². The second-order valence-corrected chi connectivity index (χ2v) is 5.41. The highest BCUT2D eigenvalue weighted by atomic mass is 79.9. The van der Waals surface area contributed by atoms with Gasteiger partial charge in [-0.05, 0) is 54.4 Å². The van der Waals surface area contributed by atoms with Crippen molar-refractivity contribution in [1.29, 1.82) is 0 Å². The molecule has 2 nitrogen and oxygen atoms in total. The quantitative estimate of drug-likeness (QED) is 0.877. The van der Waals surface area contributed by atoms with Gasteiger partial charge >= 0.3 is 0 Å². The van der Waals surface area contributed by atoms with Gasteiger partial charge in [-0.15, -0.1) is 0 Å². The molecule has 0 bridgehead atoms. The van der Waals surface area contributed by atoms with Crippen LogP contribution >= 0.6 is 15.9 Å². The molecule has 21 heavy (non-hydrogen) atoms. The average molecular weight is 360 g/mol. The van der Waals surface area contributed by atoms with Crippen LogP contribution < -0.4 is 10.5 Å². The Hall–Kier alpha value is -1.53. The summed E-state index contributed by atoms with van der Waals surface area (Å²) in [5.74, 6) is -2.53. The van der Waals surface area contributed by atoms with E-state index in [1.165, 1.54) is 24.3 Å². The maximum Gasteiger partial charge on any atom is 0.191 e. The van der Waals surface area contributed by atoms with Crippen molar-refractivity contribution < 1.29 is 17.9 Å². The van der Waals surface area contributed by atoms with Crippen LogP contribution in [0.15, 0.2) is 34.8 Å². The lowest BCUT2D eigenvalue weighted by molar-refractivity contribution is 0.273. The van der Waals surface area contributed by atoms with E-state index in [9.17, 15) is 13.2 Å². The van der Waals surface area contributed by atoms with Gasteiger partial charge in [0.2, 0.25) is 0 Å². The molecule has 2 rings (SSSR count). The highest BCUT2D eigenvalue weighted by molar-refractivity contribution is 9.10. The lowest BCUT2D eigenvalue weighted by atomic mass is 10.1. The Morgan fingerprint density at radius 3 is 2.19 bits per heavy atom. The van der Waals surface area contributed by atoms with E-state index < -0.39 is 23.2 Å². The Morgan fingerprint density at radius 1 is 0.952 bits per heavy atom. The number of ether oxygens (including phenoxy) is 1. The molecule has 0 heterocycles. The molecule has 0 fully saturated rings. The zero-order chi connectivity index (χ0) is 15.4. The van der Waals surface area contributed by atoms with Gasteiger partial charge in [0.25, 0.3) is 0 Å². The number of hydrogen-bond donors (Lipinski definition) is 1. The van der Waals surface area contributed by atoms with Gasteiger partial charge in [-0.1, -0.05) is 15.9 Å². The Kier molecular flexibility index (Phi) is 5.25. The van der Waals surface area contributed by atoms with Gasteiger partial charge in [-0.3, -0.25) is 0 Å². The highest BCUT2D eigenvalue weighted by Gasteiger charge is 2.13. The van der Waals surface area contributed by atoms with Gasteiger partial charge in [0.05, 0.1) is 0 Å². The molecule has 112 valence electrons. The number of hydrogen-bond acceptors (Lipinski definition) is 2. The molecule has 2 aromatic carbocycles. The van der Waals surface area contributed by atoms with Crippen molar-refractivity contribution in [3.63, 3.8) is 0 Å².